The van der Waals surface area contributed by atoms with Crippen LogP contribution in [0.3, 0.4) is 0 Å². The molecule has 0 saturated heterocycles. The molecule has 0 spiro atoms. The Hall–Kier alpha value is -4.12. The summed E-state index contributed by atoms with van der Waals surface area (Å²) in [5.41, 5.74) is 1.15. The highest BCUT2D eigenvalue weighted by atomic mass is 16.6. The fraction of sp³-hybridized carbons (Fsp3) is 0.217. The number of carbonyl (C=O) groups excluding carboxylic acids is 1. The lowest BCUT2D eigenvalue weighted by Gasteiger charge is -2.19. The number of anilines is 1. The Balaban J connectivity index is 1.64. The van der Waals surface area contributed by atoms with Gasteiger partial charge in [0.2, 0.25) is 0 Å². The Labute approximate surface area is 179 Å². The van der Waals surface area contributed by atoms with E-state index in [0.717, 1.165) is 6.07 Å². The van der Waals surface area contributed by atoms with Gasteiger partial charge < -0.3 is 14.5 Å². The topological polar surface area (TPSA) is 118 Å². The molecule has 0 atom stereocenters. The number of non-ortho nitro benzene ring substituents is 1. The van der Waals surface area contributed by atoms with Crippen molar-refractivity contribution in [3.63, 3.8) is 0 Å². The average molecular weight is 419 g/mol. The number of benzene rings is 2. The molecule has 1 N–H and O–H groups in total. The number of carbonyl (C=O) groups is 1. The summed E-state index contributed by atoms with van der Waals surface area (Å²) in [6, 6.07) is 16.4. The summed E-state index contributed by atoms with van der Waals surface area (Å²) in [7, 11) is 0. The molecule has 3 rings (SSSR count). The Morgan fingerprint density at radius 1 is 1.16 bits per heavy atom. The molecule has 0 aliphatic rings. The van der Waals surface area contributed by atoms with Crippen LogP contribution in [0.25, 0.3) is 0 Å². The molecular formula is C23H21N3O5. The maximum atomic E-state index is 12.4. The molecule has 0 bridgehead atoms. The largest absolute Gasteiger partial charge is 0.486 e. The number of nitrogens with one attached hydrogen (secondary N) is 1. The number of ether oxygens (including phenoxy) is 1. The predicted octanol–water partition coefficient (Wildman–Crippen LogP) is 5.19. The molecule has 0 saturated carbocycles. The van der Waals surface area contributed by atoms with Crippen molar-refractivity contribution in [1.82, 2.24) is 0 Å². The van der Waals surface area contributed by atoms with Gasteiger partial charge in [-0.25, -0.2) is 0 Å². The van der Waals surface area contributed by atoms with Gasteiger partial charge in [0, 0.05) is 12.1 Å². The molecule has 0 radical (unpaired) electrons. The zero-order chi connectivity index (χ0) is 22.6. The van der Waals surface area contributed by atoms with E-state index >= 15 is 0 Å². The summed E-state index contributed by atoms with van der Waals surface area (Å²) in [5.74, 6) is 0.587. The first-order valence-corrected chi connectivity index (χ1v) is 9.49. The van der Waals surface area contributed by atoms with Crippen molar-refractivity contribution in [1.29, 1.82) is 5.26 Å². The van der Waals surface area contributed by atoms with E-state index in [1.165, 1.54) is 23.8 Å². The third-order valence-corrected chi connectivity index (χ3v) is 4.57. The fourth-order valence-corrected chi connectivity index (χ4v) is 2.81. The molecule has 1 amide bonds. The first kappa shape index (κ1) is 21.6. The number of nitriles is 1. The lowest BCUT2D eigenvalue weighted by molar-refractivity contribution is -0.384. The Morgan fingerprint density at radius 3 is 2.48 bits per heavy atom. The minimum absolute atomic E-state index is 0.0173. The lowest BCUT2D eigenvalue weighted by atomic mass is 9.87. The minimum atomic E-state index is -0.609. The number of nitro benzene ring substituents is 1. The van der Waals surface area contributed by atoms with Crippen molar-refractivity contribution >= 4 is 17.3 Å². The molecule has 2 aromatic carbocycles. The first-order valence-electron chi connectivity index (χ1n) is 9.49. The van der Waals surface area contributed by atoms with Crippen molar-refractivity contribution in [2.75, 3.05) is 5.32 Å². The molecule has 1 heterocycles. The van der Waals surface area contributed by atoms with Gasteiger partial charge in [-0.15, -0.1) is 0 Å². The Kier molecular flexibility index (Phi) is 6.07. The molecule has 0 unspecified atom stereocenters. The van der Waals surface area contributed by atoms with Gasteiger partial charge in [0.15, 0.2) is 5.76 Å². The van der Waals surface area contributed by atoms with E-state index in [2.05, 4.69) is 26.1 Å². The van der Waals surface area contributed by atoms with E-state index in [-0.39, 0.29) is 34.7 Å². The van der Waals surface area contributed by atoms with Gasteiger partial charge in [-0.2, -0.15) is 5.26 Å². The number of hydrogen-bond donors (Lipinski definition) is 1. The number of rotatable bonds is 6. The Bertz CT molecular complexity index is 1150. The zero-order valence-electron chi connectivity index (χ0n) is 17.3. The molecular weight excluding hydrogens is 398 g/mol. The van der Waals surface area contributed by atoms with Crippen molar-refractivity contribution in [2.45, 2.75) is 32.8 Å². The molecule has 8 heteroatoms. The summed E-state index contributed by atoms with van der Waals surface area (Å²) in [6.45, 7) is 6.54. The van der Waals surface area contributed by atoms with Crippen LogP contribution in [0.5, 0.6) is 5.75 Å². The highest BCUT2D eigenvalue weighted by Gasteiger charge is 2.17. The van der Waals surface area contributed by atoms with Crippen LogP contribution in [-0.4, -0.2) is 10.8 Å². The van der Waals surface area contributed by atoms with Crippen LogP contribution in [0, 0.1) is 21.4 Å². The van der Waals surface area contributed by atoms with E-state index < -0.39 is 10.8 Å². The lowest BCUT2D eigenvalue weighted by Crippen LogP contribution is -2.12. The summed E-state index contributed by atoms with van der Waals surface area (Å²) >= 11 is 0. The molecule has 158 valence electrons. The Morgan fingerprint density at radius 2 is 1.87 bits per heavy atom. The monoisotopic (exact) mass is 419 g/mol. The zero-order valence-corrected chi connectivity index (χ0v) is 17.3. The fourth-order valence-electron chi connectivity index (χ4n) is 2.81. The summed E-state index contributed by atoms with van der Waals surface area (Å²) in [4.78, 5) is 22.7. The molecule has 0 fully saturated rings. The van der Waals surface area contributed by atoms with Crippen LogP contribution in [0.1, 0.15) is 48.2 Å². The first-order chi connectivity index (χ1) is 14.7. The van der Waals surface area contributed by atoms with E-state index in [1.807, 2.05) is 30.3 Å². The van der Waals surface area contributed by atoms with Crippen molar-refractivity contribution < 1.29 is 18.9 Å². The molecule has 31 heavy (non-hydrogen) atoms. The van der Waals surface area contributed by atoms with Crippen LogP contribution < -0.4 is 10.1 Å². The minimum Gasteiger partial charge on any atom is -0.486 e. The average Bonchev–Trinajstić information content (AvgIpc) is 3.21. The second-order valence-electron chi connectivity index (χ2n) is 7.88. The van der Waals surface area contributed by atoms with Gasteiger partial charge in [0.25, 0.3) is 11.6 Å². The number of nitro groups is 1. The maximum Gasteiger partial charge on any atom is 0.291 e. The molecule has 8 nitrogen and oxygen atoms in total. The smallest absolute Gasteiger partial charge is 0.291 e. The maximum absolute atomic E-state index is 12.4. The van der Waals surface area contributed by atoms with Crippen molar-refractivity contribution in [3.05, 3.63) is 87.4 Å². The standard InChI is InChI=1S/C23H21N3O5/c1-23(2,3)16-4-7-18(8-5-16)30-14-19-9-11-21(31-19)22(27)25-20-10-6-17(26(28)29)12-15(20)13-24/h4-12H,14H2,1-3H3,(H,25,27). The SMILES string of the molecule is CC(C)(C)c1ccc(OCc2ccc(C(=O)Nc3ccc([N+](=O)[O-])cc3C#N)o2)cc1. The number of hydrogen-bond acceptors (Lipinski definition) is 6. The third-order valence-electron chi connectivity index (χ3n) is 4.57. The van der Waals surface area contributed by atoms with Gasteiger partial charge >= 0.3 is 0 Å². The van der Waals surface area contributed by atoms with Gasteiger partial charge in [-0.1, -0.05) is 32.9 Å². The number of amides is 1. The van der Waals surface area contributed by atoms with Gasteiger partial charge in [0.05, 0.1) is 16.2 Å². The van der Waals surface area contributed by atoms with E-state index in [0.29, 0.717) is 11.5 Å². The van der Waals surface area contributed by atoms with Gasteiger partial charge in [-0.3, -0.25) is 14.9 Å². The van der Waals surface area contributed by atoms with Gasteiger partial charge in [0.1, 0.15) is 24.2 Å². The van der Waals surface area contributed by atoms with Crippen LogP contribution in [0.15, 0.2) is 59.0 Å². The van der Waals surface area contributed by atoms with Crippen molar-refractivity contribution in [2.24, 2.45) is 0 Å². The van der Waals surface area contributed by atoms with E-state index in [1.54, 1.807) is 6.07 Å². The normalized spacial score (nSPS) is 10.9. The van der Waals surface area contributed by atoms with Crippen LogP contribution >= 0.6 is 0 Å². The van der Waals surface area contributed by atoms with Crippen LogP contribution in [-0.2, 0) is 12.0 Å². The van der Waals surface area contributed by atoms with E-state index in [9.17, 15) is 20.2 Å². The van der Waals surface area contributed by atoms with E-state index in [4.69, 9.17) is 9.15 Å². The highest BCUT2D eigenvalue weighted by molar-refractivity contribution is 6.03. The summed E-state index contributed by atoms with van der Waals surface area (Å²) in [5, 5.41) is 22.6. The number of nitrogens with zero attached hydrogens (tertiary/aromatic N) is 2. The summed E-state index contributed by atoms with van der Waals surface area (Å²) < 4.78 is 11.2. The van der Waals surface area contributed by atoms with Crippen molar-refractivity contribution in [3.8, 4) is 11.8 Å². The number of furan rings is 1. The molecule has 0 aliphatic heterocycles. The predicted molar refractivity (Wildman–Crippen MR) is 114 cm³/mol. The van der Waals surface area contributed by atoms with Crippen LogP contribution in [0.2, 0.25) is 0 Å². The summed E-state index contributed by atoms with van der Waals surface area (Å²) in [6.07, 6.45) is 0. The van der Waals surface area contributed by atoms with Crippen LogP contribution in [0.4, 0.5) is 11.4 Å². The molecule has 0 aliphatic carbocycles. The second kappa shape index (κ2) is 8.71. The third kappa shape index (κ3) is 5.28. The molecule has 1 aromatic heterocycles. The molecule has 3 aromatic rings. The van der Waals surface area contributed by atoms with Gasteiger partial charge in [-0.05, 0) is 41.3 Å². The second-order valence-corrected chi connectivity index (χ2v) is 7.88. The highest BCUT2D eigenvalue weighted by Crippen LogP contribution is 2.25. The quantitative estimate of drug-likeness (QED) is 0.434.